The fourth-order valence-electron chi connectivity index (χ4n) is 4.44. The Morgan fingerprint density at radius 1 is 1.04 bits per heavy atom. The van der Waals surface area contributed by atoms with Crippen molar-refractivity contribution in [2.24, 2.45) is 0 Å². The first-order chi connectivity index (χ1) is 13.0. The van der Waals surface area contributed by atoms with E-state index in [2.05, 4.69) is 44.8 Å². The van der Waals surface area contributed by atoms with Crippen molar-refractivity contribution in [1.29, 1.82) is 0 Å². The molecule has 1 heterocycles. The van der Waals surface area contributed by atoms with Crippen LogP contribution in [0.4, 0.5) is 0 Å². The van der Waals surface area contributed by atoms with Crippen LogP contribution in [0.15, 0.2) is 35.1 Å². The molecule has 0 radical (unpaired) electrons. The number of aryl methyl sites for hydroxylation is 1. The summed E-state index contributed by atoms with van der Waals surface area (Å²) >= 11 is 0. The maximum absolute atomic E-state index is 12.8. The highest BCUT2D eigenvalue weighted by Crippen LogP contribution is 2.47. The van der Waals surface area contributed by atoms with Crippen molar-refractivity contribution in [2.45, 2.75) is 58.3 Å². The van der Waals surface area contributed by atoms with Crippen LogP contribution < -0.4 is 5.69 Å². The maximum Gasteiger partial charge on any atom is 0.335 e. The lowest BCUT2D eigenvalue weighted by atomic mass is 9.63. The van der Waals surface area contributed by atoms with Gasteiger partial charge in [-0.2, -0.15) is 0 Å². The topological polar surface area (TPSA) is 75.1 Å². The third kappa shape index (κ3) is 2.68. The van der Waals surface area contributed by atoms with Crippen LogP contribution in [0.5, 0.6) is 0 Å². The molecular weight excluding hydrogens is 352 g/mol. The largest absolute Gasteiger partial charge is 0.478 e. The minimum absolute atomic E-state index is 0.0412. The second-order valence-corrected chi connectivity index (χ2v) is 9.25. The van der Waals surface area contributed by atoms with Gasteiger partial charge in [-0.1, -0.05) is 33.8 Å². The van der Waals surface area contributed by atoms with Crippen molar-refractivity contribution in [2.75, 3.05) is 0 Å². The van der Waals surface area contributed by atoms with Gasteiger partial charge in [0.05, 0.1) is 22.3 Å². The Labute approximate surface area is 164 Å². The Hall–Kier alpha value is -2.82. The van der Waals surface area contributed by atoms with E-state index in [1.807, 2.05) is 6.92 Å². The van der Waals surface area contributed by atoms with Crippen molar-refractivity contribution in [3.05, 3.63) is 63.1 Å². The average Bonchev–Trinajstić information content (AvgIpc) is 2.93. The Morgan fingerprint density at radius 2 is 1.64 bits per heavy atom. The predicted octanol–water partition coefficient (Wildman–Crippen LogP) is 4.67. The molecule has 0 aliphatic heterocycles. The molecule has 0 atom stereocenters. The van der Waals surface area contributed by atoms with E-state index in [4.69, 9.17) is 0 Å². The molecule has 0 unspecified atom stereocenters. The van der Waals surface area contributed by atoms with Crippen LogP contribution in [0.2, 0.25) is 0 Å². The number of nitrogens with one attached hydrogen (secondary N) is 1. The molecule has 3 aromatic rings. The number of imidazole rings is 1. The third-order valence-electron chi connectivity index (χ3n) is 6.34. The van der Waals surface area contributed by atoms with Crippen LogP contribution in [-0.2, 0) is 10.8 Å². The molecule has 5 heteroatoms. The summed E-state index contributed by atoms with van der Waals surface area (Å²) in [4.78, 5) is 26.9. The number of carbonyl (C=O) groups is 1. The Balaban J connectivity index is 2.00. The quantitative estimate of drug-likeness (QED) is 0.680. The van der Waals surface area contributed by atoms with E-state index < -0.39 is 5.97 Å². The number of hydrogen-bond acceptors (Lipinski definition) is 2. The molecule has 4 rings (SSSR count). The standard InChI is InChI=1S/C23H26N2O3/c1-13-10-15-16(23(4,5)9-8-22(15,2)3)12-19(13)25-18-7-6-14(20(26)27)11-17(18)24-21(25)28/h6-7,10-12H,8-9H2,1-5H3,(H,24,28)(H,26,27). The number of aromatic nitrogens is 2. The second-order valence-electron chi connectivity index (χ2n) is 9.25. The normalized spacial score (nSPS) is 17.5. The van der Waals surface area contributed by atoms with Crippen LogP contribution in [0.25, 0.3) is 16.7 Å². The van der Waals surface area contributed by atoms with Gasteiger partial charge in [-0.15, -0.1) is 0 Å². The molecule has 5 nitrogen and oxygen atoms in total. The van der Waals surface area contributed by atoms with Gasteiger partial charge < -0.3 is 10.1 Å². The molecule has 2 N–H and O–H groups in total. The van der Waals surface area contributed by atoms with Crippen molar-refractivity contribution in [3.8, 4) is 5.69 Å². The summed E-state index contributed by atoms with van der Waals surface area (Å²) in [6, 6.07) is 9.13. The van der Waals surface area contributed by atoms with E-state index in [1.165, 1.54) is 23.3 Å². The molecule has 0 spiro atoms. The van der Waals surface area contributed by atoms with Crippen LogP contribution in [-0.4, -0.2) is 20.6 Å². The number of rotatable bonds is 2. The minimum Gasteiger partial charge on any atom is -0.478 e. The summed E-state index contributed by atoms with van der Waals surface area (Å²) in [5, 5.41) is 9.22. The van der Waals surface area contributed by atoms with E-state index in [9.17, 15) is 14.7 Å². The van der Waals surface area contributed by atoms with Crippen LogP contribution in [0.1, 0.15) is 67.6 Å². The van der Waals surface area contributed by atoms with E-state index in [1.54, 1.807) is 10.6 Å². The third-order valence-corrected chi connectivity index (χ3v) is 6.34. The highest BCUT2D eigenvalue weighted by molar-refractivity contribution is 5.92. The number of carboxylic acid groups (broad SMARTS) is 1. The van der Waals surface area contributed by atoms with E-state index in [0.717, 1.165) is 24.1 Å². The van der Waals surface area contributed by atoms with Gasteiger partial charge in [0.25, 0.3) is 0 Å². The smallest absolute Gasteiger partial charge is 0.335 e. The Morgan fingerprint density at radius 3 is 2.25 bits per heavy atom. The summed E-state index contributed by atoms with van der Waals surface area (Å²) in [7, 11) is 0. The summed E-state index contributed by atoms with van der Waals surface area (Å²) in [6.45, 7) is 11.1. The van der Waals surface area contributed by atoms with Gasteiger partial charge in [0, 0.05) is 0 Å². The summed E-state index contributed by atoms with van der Waals surface area (Å²) < 4.78 is 1.66. The lowest BCUT2D eigenvalue weighted by molar-refractivity contribution is 0.0697. The van der Waals surface area contributed by atoms with Gasteiger partial charge in [-0.25, -0.2) is 9.59 Å². The predicted molar refractivity (Wildman–Crippen MR) is 111 cm³/mol. The fraction of sp³-hybridized carbons (Fsp3) is 0.391. The Bertz CT molecular complexity index is 1180. The highest BCUT2D eigenvalue weighted by Gasteiger charge is 2.37. The molecule has 1 aliphatic rings. The number of aromatic amines is 1. The van der Waals surface area contributed by atoms with Crippen LogP contribution >= 0.6 is 0 Å². The second kappa shape index (κ2) is 5.84. The number of aromatic carboxylic acids is 1. The van der Waals surface area contributed by atoms with Gasteiger partial charge in [0.2, 0.25) is 0 Å². The van der Waals surface area contributed by atoms with Crippen LogP contribution in [0, 0.1) is 6.92 Å². The first-order valence-corrected chi connectivity index (χ1v) is 9.65. The molecule has 0 saturated carbocycles. The zero-order valence-corrected chi connectivity index (χ0v) is 17.0. The van der Waals surface area contributed by atoms with E-state index in [-0.39, 0.29) is 22.1 Å². The summed E-state index contributed by atoms with van der Waals surface area (Å²) in [6.07, 6.45) is 2.23. The van der Waals surface area contributed by atoms with Gasteiger partial charge in [0.1, 0.15) is 0 Å². The van der Waals surface area contributed by atoms with Crippen LogP contribution in [0.3, 0.4) is 0 Å². The average molecular weight is 378 g/mol. The monoisotopic (exact) mass is 378 g/mol. The molecule has 2 aromatic carbocycles. The fourth-order valence-corrected chi connectivity index (χ4v) is 4.44. The first-order valence-electron chi connectivity index (χ1n) is 9.65. The van der Waals surface area contributed by atoms with Crippen molar-refractivity contribution < 1.29 is 9.90 Å². The molecule has 146 valence electrons. The molecule has 0 fully saturated rings. The summed E-state index contributed by atoms with van der Waals surface area (Å²) in [5.41, 5.74) is 5.79. The zero-order valence-electron chi connectivity index (χ0n) is 17.0. The molecule has 0 amide bonds. The molecule has 1 aromatic heterocycles. The highest BCUT2D eigenvalue weighted by atomic mass is 16.4. The lowest BCUT2D eigenvalue weighted by Crippen LogP contribution is -2.34. The molecule has 28 heavy (non-hydrogen) atoms. The van der Waals surface area contributed by atoms with Crippen molar-refractivity contribution >= 4 is 17.0 Å². The summed E-state index contributed by atoms with van der Waals surface area (Å²) in [5.74, 6) is -1.01. The first kappa shape index (κ1) is 18.5. The number of H-pyrrole nitrogens is 1. The molecular formula is C23H26N2O3. The zero-order chi connectivity index (χ0) is 20.4. The molecule has 1 aliphatic carbocycles. The van der Waals surface area contributed by atoms with Gasteiger partial charge in [-0.05, 0) is 71.6 Å². The van der Waals surface area contributed by atoms with Gasteiger partial charge in [0.15, 0.2) is 0 Å². The number of fused-ring (bicyclic) bond motifs is 2. The van der Waals surface area contributed by atoms with Gasteiger partial charge in [-0.3, -0.25) is 4.57 Å². The molecule has 0 saturated heterocycles. The van der Waals surface area contributed by atoms with Gasteiger partial charge >= 0.3 is 11.7 Å². The molecule has 0 bridgehead atoms. The van der Waals surface area contributed by atoms with E-state index in [0.29, 0.717) is 11.0 Å². The lowest BCUT2D eigenvalue weighted by Gasteiger charge is -2.42. The Kier molecular flexibility index (Phi) is 3.86. The van der Waals surface area contributed by atoms with E-state index >= 15 is 0 Å². The maximum atomic E-state index is 12.8. The van der Waals surface area contributed by atoms with Crippen molar-refractivity contribution in [1.82, 2.24) is 9.55 Å². The SMILES string of the molecule is Cc1cc2c(cc1-n1c(=O)[nH]c3cc(C(=O)O)ccc31)C(C)(C)CCC2(C)C. The number of benzene rings is 2. The number of nitrogens with zero attached hydrogens (tertiary/aromatic N) is 1. The number of carboxylic acids is 1. The minimum atomic E-state index is -1.01. The van der Waals surface area contributed by atoms with Crippen molar-refractivity contribution in [3.63, 3.8) is 0 Å². The number of hydrogen-bond donors (Lipinski definition) is 2.